The summed E-state index contributed by atoms with van der Waals surface area (Å²) in [6, 6.07) is 0.262. The smallest absolute Gasteiger partial charge is 0.319 e. The first-order valence-corrected chi connectivity index (χ1v) is 3.69. The van der Waals surface area contributed by atoms with E-state index in [0.29, 0.717) is 0 Å². The Labute approximate surface area is 65.4 Å². The predicted molar refractivity (Wildman–Crippen MR) is 41.9 cm³/mol. The van der Waals surface area contributed by atoms with Crippen molar-refractivity contribution in [1.29, 1.82) is 0 Å². The van der Waals surface area contributed by atoms with Gasteiger partial charge in [0.15, 0.2) is 0 Å². The van der Waals surface area contributed by atoms with Crippen LogP contribution in [0.15, 0.2) is 23.9 Å². The van der Waals surface area contributed by atoms with Gasteiger partial charge in [-0.05, 0) is 12.5 Å². The molecule has 1 saturated heterocycles. The van der Waals surface area contributed by atoms with Gasteiger partial charge in [-0.15, -0.1) is 0 Å². The van der Waals surface area contributed by atoms with Crippen LogP contribution in [0.4, 0.5) is 4.79 Å². The monoisotopic (exact) mass is 150 g/mol. The summed E-state index contributed by atoms with van der Waals surface area (Å²) in [5.41, 5.74) is 1.03. The van der Waals surface area contributed by atoms with E-state index in [4.69, 9.17) is 0 Å². The van der Waals surface area contributed by atoms with Crippen molar-refractivity contribution in [3.8, 4) is 0 Å². The molecule has 58 valence electrons. The molecule has 1 heterocycles. The third kappa shape index (κ3) is 0.843. The summed E-state index contributed by atoms with van der Waals surface area (Å²) in [6.07, 6.45) is 6.94. The van der Waals surface area contributed by atoms with Gasteiger partial charge in [-0.3, -0.25) is 0 Å². The fourth-order valence-corrected chi connectivity index (χ4v) is 1.46. The highest BCUT2D eigenvalue weighted by atomic mass is 16.2. The van der Waals surface area contributed by atoms with E-state index in [-0.39, 0.29) is 12.1 Å². The summed E-state index contributed by atoms with van der Waals surface area (Å²) < 4.78 is 0. The van der Waals surface area contributed by atoms with Gasteiger partial charge < -0.3 is 10.2 Å². The van der Waals surface area contributed by atoms with Gasteiger partial charge in [-0.2, -0.15) is 0 Å². The van der Waals surface area contributed by atoms with Gasteiger partial charge in [0.2, 0.25) is 0 Å². The molecule has 2 amide bonds. The lowest BCUT2D eigenvalue weighted by Gasteiger charge is -2.18. The van der Waals surface area contributed by atoms with E-state index in [0.717, 1.165) is 12.1 Å². The molecular weight excluding hydrogens is 140 g/mol. The van der Waals surface area contributed by atoms with Crippen molar-refractivity contribution in [2.24, 2.45) is 0 Å². The second-order valence-electron chi connectivity index (χ2n) is 2.84. The number of urea groups is 1. The lowest BCUT2D eigenvalue weighted by molar-refractivity contribution is 0.217. The van der Waals surface area contributed by atoms with Gasteiger partial charge in [0, 0.05) is 12.7 Å². The maximum absolute atomic E-state index is 11.1. The second kappa shape index (κ2) is 2.12. The molecular formula is C8H10N2O. The third-order valence-corrected chi connectivity index (χ3v) is 2.17. The molecule has 0 aromatic carbocycles. The zero-order valence-corrected chi connectivity index (χ0v) is 6.37. The van der Waals surface area contributed by atoms with Crippen LogP contribution in [0.1, 0.15) is 6.42 Å². The Morgan fingerprint density at radius 1 is 1.73 bits per heavy atom. The van der Waals surface area contributed by atoms with Crippen molar-refractivity contribution < 1.29 is 4.79 Å². The fraction of sp³-hybridized carbons (Fsp3) is 0.375. The molecule has 1 aliphatic carbocycles. The van der Waals surface area contributed by atoms with E-state index in [1.54, 1.807) is 4.90 Å². The average molecular weight is 150 g/mol. The summed E-state index contributed by atoms with van der Waals surface area (Å²) in [4.78, 5) is 12.8. The quantitative estimate of drug-likeness (QED) is 0.545. The van der Waals surface area contributed by atoms with Crippen LogP contribution in [0.3, 0.4) is 0 Å². The molecule has 3 heteroatoms. The molecule has 0 spiro atoms. The van der Waals surface area contributed by atoms with Crippen LogP contribution >= 0.6 is 0 Å². The number of hydrogen-bond donors (Lipinski definition) is 1. The van der Waals surface area contributed by atoms with Gasteiger partial charge in [0.1, 0.15) is 0 Å². The normalized spacial score (nSPS) is 28.1. The minimum atomic E-state index is 0.00458. The van der Waals surface area contributed by atoms with Crippen LogP contribution in [0.5, 0.6) is 0 Å². The minimum Gasteiger partial charge on any atom is -0.319 e. The Morgan fingerprint density at radius 2 is 2.55 bits per heavy atom. The van der Waals surface area contributed by atoms with Crippen LogP contribution in [-0.4, -0.2) is 24.0 Å². The van der Waals surface area contributed by atoms with E-state index in [1.807, 2.05) is 19.2 Å². The number of carbonyl (C=O) groups excluding carboxylic acids is 1. The number of fused-ring (bicyclic) bond motifs is 1. The molecule has 1 N–H and O–H groups in total. The molecule has 0 aromatic rings. The highest BCUT2D eigenvalue weighted by Gasteiger charge is 2.31. The number of carbonyl (C=O) groups is 1. The summed E-state index contributed by atoms with van der Waals surface area (Å²) in [6.45, 7) is 0. The van der Waals surface area contributed by atoms with E-state index >= 15 is 0 Å². The average Bonchev–Trinajstić information content (AvgIpc) is 2.30. The maximum atomic E-state index is 11.1. The second-order valence-corrected chi connectivity index (χ2v) is 2.84. The predicted octanol–water partition coefficient (Wildman–Crippen LogP) is 0.854. The number of amides is 2. The van der Waals surface area contributed by atoms with Gasteiger partial charge in [-0.1, -0.05) is 12.2 Å². The largest absolute Gasteiger partial charge is 0.321 e. The van der Waals surface area contributed by atoms with E-state index in [2.05, 4.69) is 11.4 Å². The van der Waals surface area contributed by atoms with Gasteiger partial charge >= 0.3 is 6.03 Å². The van der Waals surface area contributed by atoms with Crippen molar-refractivity contribution in [3.63, 3.8) is 0 Å². The van der Waals surface area contributed by atoms with Gasteiger partial charge in [0.25, 0.3) is 0 Å². The molecule has 2 rings (SSSR count). The number of rotatable bonds is 0. The van der Waals surface area contributed by atoms with Crippen molar-refractivity contribution >= 4 is 6.03 Å². The Balaban J connectivity index is 2.30. The number of nitrogens with zero attached hydrogens (tertiary/aromatic N) is 1. The van der Waals surface area contributed by atoms with Crippen molar-refractivity contribution in [2.45, 2.75) is 12.5 Å². The molecule has 0 radical (unpaired) electrons. The molecule has 3 nitrogen and oxygen atoms in total. The standard InChI is InChI=1S/C8H10N2O/c1-10-7-5-3-2-4-6(7)9-8(10)11/h2-4,7H,5H2,1H3,(H,9,11). The zero-order valence-electron chi connectivity index (χ0n) is 6.37. The SMILES string of the molecule is CN1C(=O)NC2=CC=CCC21. The lowest BCUT2D eigenvalue weighted by atomic mass is 10.1. The molecule has 1 aliphatic heterocycles. The van der Waals surface area contributed by atoms with Gasteiger partial charge in [-0.25, -0.2) is 4.79 Å². The summed E-state index contributed by atoms with van der Waals surface area (Å²) in [7, 11) is 1.82. The van der Waals surface area contributed by atoms with E-state index in [9.17, 15) is 4.79 Å². The molecule has 0 aromatic heterocycles. The Morgan fingerprint density at radius 3 is 3.27 bits per heavy atom. The number of hydrogen-bond acceptors (Lipinski definition) is 1. The van der Waals surface area contributed by atoms with Crippen LogP contribution in [-0.2, 0) is 0 Å². The first-order chi connectivity index (χ1) is 5.29. The highest BCUT2D eigenvalue weighted by molar-refractivity contribution is 5.80. The minimum absolute atomic E-state index is 0.00458. The van der Waals surface area contributed by atoms with Crippen LogP contribution < -0.4 is 5.32 Å². The van der Waals surface area contributed by atoms with Crippen LogP contribution in [0.2, 0.25) is 0 Å². The third-order valence-electron chi connectivity index (χ3n) is 2.17. The van der Waals surface area contributed by atoms with Crippen molar-refractivity contribution in [2.75, 3.05) is 7.05 Å². The molecule has 1 unspecified atom stereocenters. The number of nitrogens with one attached hydrogen (secondary N) is 1. The highest BCUT2D eigenvalue weighted by Crippen LogP contribution is 2.21. The number of likely N-dealkylation sites (N-methyl/N-ethyl adjacent to an activating group) is 1. The molecule has 1 fully saturated rings. The first kappa shape index (κ1) is 6.46. The lowest BCUT2D eigenvalue weighted by Crippen LogP contribution is -2.29. The molecule has 0 bridgehead atoms. The molecule has 11 heavy (non-hydrogen) atoms. The Hall–Kier alpha value is -1.25. The topological polar surface area (TPSA) is 32.3 Å². The molecule has 0 saturated carbocycles. The summed E-state index contributed by atoms with van der Waals surface area (Å²) in [5, 5.41) is 2.80. The Bertz CT molecular complexity index is 255. The van der Waals surface area contributed by atoms with Crippen LogP contribution in [0.25, 0.3) is 0 Å². The summed E-state index contributed by atoms with van der Waals surface area (Å²) >= 11 is 0. The maximum Gasteiger partial charge on any atom is 0.321 e. The fourth-order valence-electron chi connectivity index (χ4n) is 1.46. The number of allylic oxidation sites excluding steroid dienone is 2. The van der Waals surface area contributed by atoms with E-state index in [1.165, 1.54) is 0 Å². The first-order valence-electron chi connectivity index (χ1n) is 3.69. The van der Waals surface area contributed by atoms with Crippen molar-refractivity contribution in [1.82, 2.24) is 10.2 Å². The van der Waals surface area contributed by atoms with Gasteiger partial charge in [0.05, 0.1) is 6.04 Å². The Kier molecular flexibility index (Phi) is 1.24. The van der Waals surface area contributed by atoms with Crippen molar-refractivity contribution in [3.05, 3.63) is 23.9 Å². The zero-order chi connectivity index (χ0) is 7.84. The van der Waals surface area contributed by atoms with Crippen LogP contribution in [0, 0.1) is 0 Å². The molecule has 1 atom stereocenters. The van der Waals surface area contributed by atoms with E-state index < -0.39 is 0 Å². The summed E-state index contributed by atoms with van der Waals surface area (Å²) in [5.74, 6) is 0. The molecule has 2 aliphatic rings.